The molecular weight excluding hydrogens is 368 g/mol. The molecule has 0 unspecified atom stereocenters. The van der Waals surface area contributed by atoms with Crippen LogP contribution in [0.4, 0.5) is 11.5 Å². The van der Waals surface area contributed by atoms with E-state index in [2.05, 4.69) is 20.6 Å². The molecule has 3 aromatic rings. The van der Waals surface area contributed by atoms with Crippen LogP contribution in [0.15, 0.2) is 54.9 Å². The van der Waals surface area contributed by atoms with Crippen LogP contribution in [0.2, 0.25) is 0 Å². The first-order chi connectivity index (χ1) is 14.1. The van der Waals surface area contributed by atoms with E-state index in [0.717, 1.165) is 28.3 Å². The number of rotatable bonds is 8. The minimum atomic E-state index is -0.288. The molecule has 0 saturated carbocycles. The van der Waals surface area contributed by atoms with Crippen LogP contribution in [0.1, 0.15) is 21.6 Å². The number of methoxy groups -OCH3 is 1. The Balaban J connectivity index is 1.48. The lowest BCUT2D eigenvalue weighted by Crippen LogP contribution is -2.17. The number of amides is 1. The van der Waals surface area contributed by atoms with Gasteiger partial charge in [-0.15, -0.1) is 0 Å². The average molecular weight is 392 g/mol. The zero-order valence-electron chi connectivity index (χ0n) is 16.7. The number of hydrogen-bond acceptors (Lipinski definition) is 6. The van der Waals surface area contributed by atoms with E-state index in [0.29, 0.717) is 19.0 Å². The van der Waals surface area contributed by atoms with Gasteiger partial charge in [0.2, 0.25) is 0 Å². The summed E-state index contributed by atoms with van der Waals surface area (Å²) in [6.45, 7) is 4.92. The number of aromatic nitrogens is 2. The number of benzene rings is 2. The molecule has 2 aromatic carbocycles. The van der Waals surface area contributed by atoms with Crippen LogP contribution in [0, 0.1) is 13.8 Å². The molecule has 0 saturated heterocycles. The fourth-order valence-corrected chi connectivity index (χ4v) is 2.75. The van der Waals surface area contributed by atoms with Crippen LogP contribution in [0.25, 0.3) is 0 Å². The van der Waals surface area contributed by atoms with Crippen molar-refractivity contribution in [1.29, 1.82) is 0 Å². The molecule has 0 bridgehead atoms. The molecule has 1 amide bonds. The van der Waals surface area contributed by atoms with E-state index in [4.69, 9.17) is 9.47 Å². The minimum Gasteiger partial charge on any atom is -0.497 e. The van der Waals surface area contributed by atoms with Crippen molar-refractivity contribution in [3.8, 4) is 11.5 Å². The van der Waals surface area contributed by atoms with Crippen molar-refractivity contribution in [1.82, 2.24) is 9.97 Å². The number of carbonyl (C=O) groups is 1. The van der Waals surface area contributed by atoms with Crippen molar-refractivity contribution >= 4 is 17.4 Å². The number of ether oxygens (including phenoxy) is 2. The standard InChI is InChI=1S/C22H24N4O3/c1-15-5-4-6-16(2)21(15)26-22(27)19-13-25-20(14-24-19)23-11-12-29-18-9-7-17(28-3)8-10-18/h4-10,13-14H,11-12H2,1-3H3,(H,23,25)(H,26,27). The Labute approximate surface area is 170 Å². The number of para-hydroxylation sites is 1. The molecule has 0 aliphatic carbocycles. The monoisotopic (exact) mass is 392 g/mol. The van der Waals surface area contributed by atoms with Gasteiger partial charge in [0.15, 0.2) is 0 Å². The minimum absolute atomic E-state index is 0.257. The van der Waals surface area contributed by atoms with Crippen molar-refractivity contribution in [3.63, 3.8) is 0 Å². The molecule has 0 radical (unpaired) electrons. The molecule has 1 aromatic heterocycles. The lowest BCUT2D eigenvalue weighted by molar-refractivity contribution is 0.102. The summed E-state index contributed by atoms with van der Waals surface area (Å²) in [7, 11) is 1.62. The first-order valence-corrected chi connectivity index (χ1v) is 9.27. The third kappa shape index (κ3) is 5.44. The smallest absolute Gasteiger partial charge is 0.275 e. The summed E-state index contributed by atoms with van der Waals surface area (Å²) in [5.41, 5.74) is 3.06. The first-order valence-electron chi connectivity index (χ1n) is 9.27. The second kappa shape index (κ2) is 9.54. The van der Waals surface area contributed by atoms with Crippen molar-refractivity contribution in [2.45, 2.75) is 13.8 Å². The van der Waals surface area contributed by atoms with Crippen LogP contribution in [-0.2, 0) is 0 Å². The van der Waals surface area contributed by atoms with Gasteiger partial charge in [0.1, 0.15) is 29.6 Å². The largest absolute Gasteiger partial charge is 0.497 e. The predicted molar refractivity (Wildman–Crippen MR) is 113 cm³/mol. The topological polar surface area (TPSA) is 85.4 Å². The number of carbonyl (C=O) groups excluding carboxylic acids is 1. The average Bonchev–Trinajstić information content (AvgIpc) is 2.74. The van der Waals surface area contributed by atoms with E-state index in [1.807, 2.05) is 56.3 Å². The van der Waals surface area contributed by atoms with Gasteiger partial charge in [-0.1, -0.05) is 18.2 Å². The van der Waals surface area contributed by atoms with Crippen molar-refractivity contribution in [2.24, 2.45) is 0 Å². The number of aryl methyl sites for hydroxylation is 2. The van der Waals surface area contributed by atoms with E-state index in [1.165, 1.54) is 12.4 Å². The molecule has 0 aliphatic rings. The zero-order chi connectivity index (χ0) is 20.6. The van der Waals surface area contributed by atoms with Crippen LogP contribution in [-0.4, -0.2) is 36.1 Å². The van der Waals surface area contributed by atoms with Gasteiger partial charge in [-0.2, -0.15) is 0 Å². The molecule has 0 fully saturated rings. The second-order valence-corrected chi connectivity index (χ2v) is 6.46. The molecule has 1 heterocycles. The Morgan fingerprint density at radius 3 is 2.28 bits per heavy atom. The molecule has 2 N–H and O–H groups in total. The second-order valence-electron chi connectivity index (χ2n) is 6.46. The number of nitrogens with zero attached hydrogens (tertiary/aromatic N) is 2. The van der Waals surface area contributed by atoms with Crippen LogP contribution in [0.3, 0.4) is 0 Å². The van der Waals surface area contributed by atoms with Crippen LogP contribution < -0.4 is 20.1 Å². The van der Waals surface area contributed by atoms with E-state index in [1.54, 1.807) is 7.11 Å². The summed E-state index contributed by atoms with van der Waals surface area (Å²) in [6, 6.07) is 13.3. The lowest BCUT2D eigenvalue weighted by atomic mass is 10.1. The van der Waals surface area contributed by atoms with Gasteiger partial charge >= 0.3 is 0 Å². The predicted octanol–water partition coefficient (Wildman–Crippen LogP) is 3.85. The summed E-state index contributed by atoms with van der Waals surface area (Å²) in [4.78, 5) is 20.9. The fraction of sp³-hybridized carbons (Fsp3) is 0.227. The van der Waals surface area contributed by atoms with E-state index in [9.17, 15) is 4.79 Å². The van der Waals surface area contributed by atoms with Crippen molar-refractivity contribution < 1.29 is 14.3 Å². The Bertz CT molecular complexity index is 937. The molecule has 0 spiro atoms. The van der Waals surface area contributed by atoms with Gasteiger partial charge in [0, 0.05) is 5.69 Å². The highest BCUT2D eigenvalue weighted by Gasteiger charge is 2.11. The number of hydrogen-bond donors (Lipinski definition) is 2. The molecule has 29 heavy (non-hydrogen) atoms. The highest BCUT2D eigenvalue weighted by Crippen LogP contribution is 2.20. The SMILES string of the molecule is COc1ccc(OCCNc2cnc(C(=O)Nc3c(C)cccc3C)cn2)cc1. The summed E-state index contributed by atoms with van der Waals surface area (Å²) in [6.07, 6.45) is 2.99. The zero-order valence-corrected chi connectivity index (χ0v) is 16.7. The molecule has 0 aliphatic heterocycles. The third-order valence-corrected chi connectivity index (χ3v) is 4.34. The third-order valence-electron chi connectivity index (χ3n) is 4.34. The maximum atomic E-state index is 12.4. The number of nitrogens with one attached hydrogen (secondary N) is 2. The van der Waals surface area contributed by atoms with Crippen LogP contribution in [0.5, 0.6) is 11.5 Å². The van der Waals surface area contributed by atoms with Gasteiger partial charge < -0.3 is 20.1 Å². The summed E-state index contributed by atoms with van der Waals surface area (Å²) < 4.78 is 10.8. The Kier molecular flexibility index (Phi) is 6.63. The van der Waals surface area contributed by atoms with Gasteiger partial charge in [0.25, 0.3) is 5.91 Å². The molecule has 7 heteroatoms. The van der Waals surface area contributed by atoms with Gasteiger partial charge in [-0.05, 0) is 49.2 Å². The lowest BCUT2D eigenvalue weighted by Gasteiger charge is -2.11. The van der Waals surface area contributed by atoms with E-state index >= 15 is 0 Å². The fourth-order valence-electron chi connectivity index (χ4n) is 2.75. The van der Waals surface area contributed by atoms with Crippen molar-refractivity contribution in [2.75, 3.05) is 30.9 Å². The molecule has 7 nitrogen and oxygen atoms in total. The quantitative estimate of drug-likeness (QED) is 0.567. The molecule has 3 rings (SSSR count). The van der Waals surface area contributed by atoms with Gasteiger partial charge in [0.05, 0.1) is 26.0 Å². The summed E-state index contributed by atoms with van der Waals surface area (Å²) in [5.74, 6) is 1.83. The number of anilines is 2. The molecular formula is C22H24N4O3. The van der Waals surface area contributed by atoms with Gasteiger partial charge in [-0.25, -0.2) is 9.97 Å². The highest BCUT2D eigenvalue weighted by atomic mass is 16.5. The maximum Gasteiger partial charge on any atom is 0.275 e. The highest BCUT2D eigenvalue weighted by molar-refractivity contribution is 6.03. The summed E-state index contributed by atoms with van der Waals surface area (Å²) >= 11 is 0. The maximum absolute atomic E-state index is 12.4. The molecule has 0 atom stereocenters. The van der Waals surface area contributed by atoms with Crippen LogP contribution >= 0.6 is 0 Å². The van der Waals surface area contributed by atoms with E-state index < -0.39 is 0 Å². The Morgan fingerprint density at radius 2 is 1.66 bits per heavy atom. The van der Waals surface area contributed by atoms with E-state index in [-0.39, 0.29) is 11.6 Å². The first kappa shape index (κ1) is 20.1. The normalized spacial score (nSPS) is 10.3. The van der Waals surface area contributed by atoms with Gasteiger partial charge in [-0.3, -0.25) is 4.79 Å². The Morgan fingerprint density at radius 1 is 0.966 bits per heavy atom. The summed E-state index contributed by atoms with van der Waals surface area (Å²) in [5, 5.41) is 6.02. The Hall–Kier alpha value is -3.61. The van der Waals surface area contributed by atoms with Crippen molar-refractivity contribution in [3.05, 3.63) is 71.7 Å². The molecule has 150 valence electrons.